The number of fused-ring (bicyclic) bond motifs is 1. The molecule has 0 aliphatic carbocycles. The van der Waals surface area contributed by atoms with Gasteiger partial charge in [0.1, 0.15) is 12.4 Å². The van der Waals surface area contributed by atoms with Gasteiger partial charge in [0.2, 0.25) is 0 Å². The van der Waals surface area contributed by atoms with E-state index in [-0.39, 0.29) is 23.9 Å². The SMILES string of the molecule is Cn1cc(Cn2oc(=O)[nH]c2=O)c2cc(OCc3cc(C(F)(F)F)cc(C(F)(F)F)c3)ccc21. The molecule has 0 unspecified atom stereocenters. The lowest BCUT2D eigenvalue weighted by atomic mass is 10.1. The fraction of sp³-hybridized carbons (Fsp3) is 0.238. The van der Waals surface area contributed by atoms with Crippen molar-refractivity contribution in [3.05, 3.63) is 85.9 Å². The molecule has 2 heterocycles. The van der Waals surface area contributed by atoms with Gasteiger partial charge in [0.25, 0.3) is 0 Å². The van der Waals surface area contributed by atoms with E-state index in [9.17, 15) is 35.9 Å². The van der Waals surface area contributed by atoms with E-state index in [0.29, 0.717) is 28.6 Å². The zero-order valence-corrected chi connectivity index (χ0v) is 17.3. The van der Waals surface area contributed by atoms with Crippen LogP contribution in [-0.2, 0) is 32.6 Å². The van der Waals surface area contributed by atoms with Crippen LogP contribution in [0, 0.1) is 0 Å². The van der Waals surface area contributed by atoms with E-state index in [1.165, 1.54) is 12.1 Å². The molecule has 0 aliphatic rings. The number of rotatable bonds is 5. The van der Waals surface area contributed by atoms with Gasteiger partial charge in [0, 0.05) is 29.7 Å². The highest BCUT2D eigenvalue weighted by Crippen LogP contribution is 2.36. The summed E-state index contributed by atoms with van der Waals surface area (Å²) in [5, 5.41) is 0.579. The summed E-state index contributed by atoms with van der Waals surface area (Å²) in [6.45, 7) is -0.645. The zero-order chi connectivity index (χ0) is 24.8. The molecule has 34 heavy (non-hydrogen) atoms. The van der Waals surface area contributed by atoms with Crippen molar-refractivity contribution < 1.29 is 35.6 Å². The summed E-state index contributed by atoms with van der Waals surface area (Å²) in [5.41, 5.74) is -2.66. The molecule has 2 aromatic heterocycles. The number of hydrogen-bond acceptors (Lipinski definition) is 4. The first kappa shape index (κ1) is 23.3. The lowest BCUT2D eigenvalue weighted by Crippen LogP contribution is -2.17. The van der Waals surface area contributed by atoms with Crippen molar-refractivity contribution in [3.8, 4) is 5.75 Å². The molecule has 0 bridgehead atoms. The van der Waals surface area contributed by atoms with E-state index in [0.717, 1.165) is 4.74 Å². The smallest absolute Gasteiger partial charge is 0.440 e. The Kier molecular flexibility index (Phi) is 5.58. The lowest BCUT2D eigenvalue weighted by Gasteiger charge is -2.15. The van der Waals surface area contributed by atoms with Gasteiger partial charge in [0.15, 0.2) is 0 Å². The number of nitrogens with zero attached hydrogens (tertiary/aromatic N) is 2. The number of H-pyrrole nitrogens is 1. The van der Waals surface area contributed by atoms with Crippen LogP contribution in [0.1, 0.15) is 22.3 Å². The molecule has 4 aromatic rings. The average Bonchev–Trinajstić information content (AvgIpc) is 3.22. The third-order valence-electron chi connectivity index (χ3n) is 5.04. The average molecular weight is 487 g/mol. The molecule has 0 aliphatic heterocycles. The lowest BCUT2D eigenvalue weighted by molar-refractivity contribution is -0.143. The largest absolute Gasteiger partial charge is 0.489 e. The Labute approximate surface area is 185 Å². The molecule has 1 N–H and O–H groups in total. The van der Waals surface area contributed by atoms with Crippen molar-refractivity contribution in [2.75, 3.05) is 0 Å². The van der Waals surface area contributed by atoms with Crippen LogP contribution in [0.5, 0.6) is 5.75 Å². The van der Waals surface area contributed by atoms with Gasteiger partial charge in [-0.15, -0.1) is 4.74 Å². The maximum atomic E-state index is 13.1. The topological polar surface area (TPSA) is 82.2 Å². The van der Waals surface area contributed by atoms with Gasteiger partial charge >= 0.3 is 23.8 Å². The van der Waals surface area contributed by atoms with Crippen LogP contribution in [0.2, 0.25) is 0 Å². The maximum Gasteiger partial charge on any atom is 0.440 e. The molecule has 0 saturated carbocycles. The number of aromatic amines is 1. The van der Waals surface area contributed by atoms with Crippen molar-refractivity contribution in [3.63, 3.8) is 0 Å². The van der Waals surface area contributed by atoms with Crippen molar-refractivity contribution >= 4 is 10.9 Å². The Hall–Kier alpha value is -3.90. The van der Waals surface area contributed by atoms with Crippen molar-refractivity contribution in [1.29, 1.82) is 0 Å². The molecule has 4 rings (SSSR count). The van der Waals surface area contributed by atoms with Gasteiger partial charge in [-0.05, 0) is 42.0 Å². The molecule has 7 nitrogen and oxygen atoms in total. The second kappa shape index (κ2) is 8.15. The fourth-order valence-electron chi connectivity index (χ4n) is 3.51. The Morgan fingerprint density at radius 3 is 2.18 bits per heavy atom. The molecule has 0 fully saturated rings. The van der Waals surface area contributed by atoms with E-state index in [4.69, 9.17) is 9.26 Å². The van der Waals surface area contributed by atoms with Crippen LogP contribution >= 0.6 is 0 Å². The second-order valence-corrected chi connectivity index (χ2v) is 7.49. The van der Waals surface area contributed by atoms with Gasteiger partial charge < -0.3 is 13.8 Å². The number of nitrogens with one attached hydrogen (secondary N) is 1. The summed E-state index contributed by atoms with van der Waals surface area (Å²) in [4.78, 5) is 24.9. The predicted octanol–water partition coefficient (Wildman–Crippen LogP) is 4.29. The van der Waals surface area contributed by atoms with Crippen LogP contribution < -0.4 is 16.2 Å². The Bertz CT molecular complexity index is 1440. The van der Waals surface area contributed by atoms with Gasteiger partial charge in [-0.2, -0.15) is 26.3 Å². The van der Waals surface area contributed by atoms with E-state index < -0.39 is 41.5 Å². The number of benzene rings is 2. The van der Waals surface area contributed by atoms with Gasteiger partial charge in [0.05, 0.1) is 17.7 Å². The van der Waals surface area contributed by atoms with Gasteiger partial charge in [-0.3, -0.25) is 0 Å². The standard InChI is InChI=1S/C21H15F6N3O4/c1-29-8-12(9-30-18(31)28-19(32)34-30)16-7-15(2-3-17(16)29)33-10-11-4-13(20(22,23)24)6-14(5-11)21(25,26)27/h2-8H,9-10H2,1H3,(H,28,31,32). The molecule has 2 aromatic carbocycles. The molecule has 0 amide bonds. The maximum absolute atomic E-state index is 13.1. The van der Waals surface area contributed by atoms with Gasteiger partial charge in [-0.1, -0.05) is 0 Å². The summed E-state index contributed by atoms with van der Waals surface area (Å²) >= 11 is 0. The molecular formula is C21H15F6N3O4. The van der Waals surface area contributed by atoms with Crippen molar-refractivity contribution in [2.24, 2.45) is 7.05 Å². The highest BCUT2D eigenvalue weighted by atomic mass is 19.4. The van der Waals surface area contributed by atoms with E-state index >= 15 is 0 Å². The summed E-state index contributed by atoms with van der Waals surface area (Å²) in [6.07, 6.45) is -8.24. The number of hydrogen-bond donors (Lipinski definition) is 1. The quantitative estimate of drug-likeness (QED) is 0.426. The number of halogens is 6. The minimum absolute atomic E-state index is 0.0487. The van der Waals surface area contributed by atoms with Crippen molar-refractivity contribution in [2.45, 2.75) is 25.5 Å². The Morgan fingerprint density at radius 2 is 1.62 bits per heavy atom. The number of aromatic nitrogens is 3. The highest BCUT2D eigenvalue weighted by molar-refractivity contribution is 5.85. The number of aryl methyl sites for hydroxylation is 1. The monoisotopic (exact) mass is 487 g/mol. The van der Waals surface area contributed by atoms with E-state index in [2.05, 4.69) is 0 Å². The van der Waals surface area contributed by atoms with Crippen LogP contribution in [0.3, 0.4) is 0 Å². The van der Waals surface area contributed by atoms with E-state index in [1.54, 1.807) is 23.9 Å². The molecular weight excluding hydrogens is 472 g/mol. The predicted molar refractivity (Wildman–Crippen MR) is 106 cm³/mol. The fourth-order valence-corrected chi connectivity index (χ4v) is 3.51. The molecule has 0 saturated heterocycles. The minimum atomic E-state index is -4.96. The van der Waals surface area contributed by atoms with Gasteiger partial charge in [-0.25, -0.2) is 14.6 Å². The minimum Gasteiger partial charge on any atom is -0.489 e. The van der Waals surface area contributed by atoms with Crippen LogP contribution in [-0.4, -0.2) is 14.3 Å². The molecule has 180 valence electrons. The Morgan fingerprint density at radius 1 is 0.971 bits per heavy atom. The number of ether oxygens (including phenoxy) is 1. The zero-order valence-electron chi connectivity index (χ0n) is 17.3. The van der Waals surface area contributed by atoms with Crippen LogP contribution in [0.4, 0.5) is 26.3 Å². The summed E-state index contributed by atoms with van der Waals surface area (Å²) in [7, 11) is 1.73. The number of alkyl halides is 6. The molecule has 13 heteroatoms. The first-order valence-corrected chi connectivity index (χ1v) is 9.61. The summed E-state index contributed by atoms with van der Waals surface area (Å²) in [5.74, 6) is -0.748. The highest BCUT2D eigenvalue weighted by Gasteiger charge is 2.36. The molecule has 0 radical (unpaired) electrons. The molecule has 0 spiro atoms. The summed E-state index contributed by atoms with van der Waals surface area (Å²) in [6, 6.07) is 5.92. The normalized spacial score (nSPS) is 12.4. The Balaban J connectivity index is 1.64. The van der Waals surface area contributed by atoms with Crippen molar-refractivity contribution in [1.82, 2.24) is 14.3 Å². The van der Waals surface area contributed by atoms with E-state index in [1.807, 2.05) is 4.98 Å². The molecule has 0 atom stereocenters. The van der Waals surface area contributed by atoms with Crippen LogP contribution in [0.15, 0.2) is 56.7 Å². The third kappa shape index (κ3) is 4.72. The van der Waals surface area contributed by atoms with Crippen LogP contribution in [0.25, 0.3) is 10.9 Å². The third-order valence-corrected chi connectivity index (χ3v) is 5.04. The first-order valence-electron chi connectivity index (χ1n) is 9.61. The summed E-state index contributed by atoms with van der Waals surface area (Å²) < 4.78 is 91.2. The second-order valence-electron chi connectivity index (χ2n) is 7.49. The first-order chi connectivity index (χ1) is 15.8.